The molecule has 0 aliphatic heterocycles. The van der Waals surface area contributed by atoms with Gasteiger partial charge in [0.25, 0.3) is 0 Å². The Morgan fingerprint density at radius 2 is 1.82 bits per heavy atom. The molecule has 3 N–H and O–H groups in total. The lowest BCUT2D eigenvalue weighted by Crippen LogP contribution is -2.42. The first-order valence-electron chi connectivity index (χ1n) is 9.50. The Hall–Kier alpha value is -2.64. The molecule has 0 aliphatic carbocycles. The molecule has 1 amide bonds. The van der Waals surface area contributed by atoms with Crippen LogP contribution in [-0.4, -0.2) is 51.5 Å². The number of benzene rings is 1. The number of amides is 1. The van der Waals surface area contributed by atoms with E-state index in [9.17, 15) is 4.79 Å². The fourth-order valence-electron chi connectivity index (χ4n) is 2.22. The van der Waals surface area contributed by atoms with Crippen molar-refractivity contribution in [3.8, 4) is 11.5 Å². The zero-order valence-electron chi connectivity index (χ0n) is 17.8. The number of hydrogen-bond donors (Lipinski definition) is 3. The van der Waals surface area contributed by atoms with Crippen LogP contribution in [0.5, 0.6) is 11.5 Å². The summed E-state index contributed by atoms with van der Waals surface area (Å²) in [7, 11) is 3.32. The lowest BCUT2D eigenvalue weighted by atomic mass is 10.2. The van der Waals surface area contributed by atoms with Crippen LogP contribution in [-0.2, 0) is 11.3 Å². The number of nitrogens with zero attached hydrogens (tertiary/aromatic N) is 1. The molecule has 0 fully saturated rings. The third kappa shape index (κ3) is 9.34. The normalized spacial score (nSPS) is 11.6. The topological polar surface area (TPSA) is 93.2 Å². The molecule has 0 atom stereocenters. The van der Waals surface area contributed by atoms with E-state index in [2.05, 4.69) is 27.9 Å². The van der Waals surface area contributed by atoms with Gasteiger partial charge < -0.3 is 30.2 Å². The zero-order valence-corrected chi connectivity index (χ0v) is 17.8. The molecule has 0 heterocycles. The number of nitrogens with one attached hydrogen (secondary N) is 3. The summed E-state index contributed by atoms with van der Waals surface area (Å²) in [5.41, 5.74) is 0.531. The van der Waals surface area contributed by atoms with Gasteiger partial charge >= 0.3 is 6.09 Å². The SMILES string of the molecule is CCCOc1ccc(CNC(=NC)NCCNC(=O)OC(C)(C)C)cc1OC. The highest BCUT2D eigenvalue weighted by Gasteiger charge is 2.15. The summed E-state index contributed by atoms with van der Waals surface area (Å²) in [6, 6.07) is 5.83. The predicted molar refractivity (Wildman–Crippen MR) is 111 cm³/mol. The van der Waals surface area contributed by atoms with Crippen LogP contribution in [0.4, 0.5) is 4.79 Å². The second-order valence-electron chi connectivity index (χ2n) is 7.11. The van der Waals surface area contributed by atoms with E-state index >= 15 is 0 Å². The number of alkyl carbamates (subject to hydrolysis) is 1. The average molecular weight is 395 g/mol. The van der Waals surface area contributed by atoms with E-state index in [1.165, 1.54) is 0 Å². The molecule has 0 unspecified atom stereocenters. The van der Waals surface area contributed by atoms with Crippen LogP contribution in [0.15, 0.2) is 23.2 Å². The standard InChI is InChI=1S/C20H34N4O4/c1-7-12-27-16-9-8-15(13-17(16)26-6)14-24-18(21-5)22-10-11-23-19(25)28-20(2,3)4/h8-9,13H,7,10-12,14H2,1-6H3,(H,23,25)(H2,21,22,24). The first kappa shape index (κ1) is 23.4. The van der Waals surface area contributed by atoms with Crippen molar-refractivity contribution in [1.82, 2.24) is 16.0 Å². The molecule has 0 bridgehead atoms. The maximum absolute atomic E-state index is 11.6. The van der Waals surface area contributed by atoms with Crippen molar-refractivity contribution in [3.63, 3.8) is 0 Å². The number of methoxy groups -OCH3 is 1. The maximum atomic E-state index is 11.6. The van der Waals surface area contributed by atoms with Crippen molar-refractivity contribution in [2.45, 2.75) is 46.3 Å². The van der Waals surface area contributed by atoms with Gasteiger partial charge in [-0.2, -0.15) is 0 Å². The second kappa shape index (κ2) is 11.9. The summed E-state index contributed by atoms with van der Waals surface area (Å²) in [6.07, 6.45) is 0.506. The summed E-state index contributed by atoms with van der Waals surface area (Å²) < 4.78 is 16.3. The minimum atomic E-state index is -0.507. The summed E-state index contributed by atoms with van der Waals surface area (Å²) in [6.45, 7) is 9.72. The monoisotopic (exact) mass is 394 g/mol. The highest BCUT2D eigenvalue weighted by molar-refractivity contribution is 5.79. The molecule has 8 heteroatoms. The molecule has 1 aromatic carbocycles. The zero-order chi connectivity index (χ0) is 21.0. The third-order valence-corrected chi connectivity index (χ3v) is 3.46. The van der Waals surface area contributed by atoms with Gasteiger partial charge in [0.05, 0.1) is 13.7 Å². The van der Waals surface area contributed by atoms with Crippen molar-refractivity contribution in [3.05, 3.63) is 23.8 Å². The Morgan fingerprint density at radius 3 is 2.43 bits per heavy atom. The number of guanidine groups is 1. The predicted octanol–water partition coefficient (Wildman–Crippen LogP) is 2.67. The number of carbonyl (C=O) groups is 1. The van der Waals surface area contributed by atoms with Crippen LogP contribution in [0.2, 0.25) is 0 Å². The van der Waals surface area contributed by atoms with E-state index in [0.29, 0.717) is 38.0 Å². The lowest BCUT2D eigenvalue weighted by Gasteiger charge is -2.20. The molecule has 0 saturated carbocycles. The van der Waals surface area contributed by atoms with E-state index in [1.54, 1.807) is 14.2 Å². The van der Waals surface area contributed by atoms with Crippen molar-refractivity contribution in [1.29, 1.82) is 0 Å². The molecule has 0 aliphatic rings. The van der Waals surface area contributed by atoms with E-state index in [0.717, 1.165) is 17.7 Å². The van der Waals surface area contributed by atoms with E-state index in [-0.39, 0.29) is 0 Å². The summed E-state index contributed by atoms with van der Waals surface area (Å²) in [5.74, 6) is 2.08. The molecule has 1 aromatic rings. The van der Waals surface area contributed by atoms with Gasteiger partial charge in [-0.05, 0) is 44.9 Å². The van der Waals surface area contributed by atoms with E-state index in [1.807, 2.05) is 39.0 Å². The van der Waals surface area contributed by atoms with Gasteiger partial charge in [0.15, 0.2) is 17.5 Å². The average Bonchev–Trinajstić information content (AvgIpc) is 2.64. The van der Waals surface area contributed by atoms with Crippen molar-refractivity contribution in [2.75, 3.05) is 33.9 Å². The molecule has 0 radical (unpaired) electrons. The Morgan fingerprint density at radius 1 is 1.11 bits per heavy atom. The molecule has 1 rings (SSSR count). The third-order valence-electron chi connectivity index (χ3n) is 3.46. The van der Waals surface area contributed by atoms with Crippen molar-refractivity contribution < 1.29 is 19.0 Å². The molecule has 0 aromatic heterocycles. The first-order valence-corrected chi connectivity index (χ1v) is 9.50. The van der Waals surface area contributed by atoms with Gasteiger partial charge in [-0.3, -0.25) is 4.99 Å². The fraction of sp³-hybridized carbons (Fsp3) is 0.600. The Balaban J connectivity index is 2.42. The number of rotatable bonds is 9. The van der Waals surface area contributed by atoms with Crippen LogP contribution in [0.1, 0.15) is 39.7 Å². The number of carbonyl (C=O) groups excluding carboxylic acids is 1. The Bertz CT molecular complexity index is 642. The second-order valence-corrected chi connectivity index (χ2v) is 7.11. The molecule has 28 heavy (non-hydrogen) atoms. The fourth-order valence-corrected chi connectivity index (χ4v) is 2.22. The molecule has 0 saturated heterocycles. The molecule has 158 valence electrons. The van der Waals surface area contributed by atoms with Gasteiger partial charge in [-0.15, -0.1) is 0 Å². The van der Waals surface area contributed by atoms with Crippen LogP contribution >= 0.6 is 0 Å². The summed E-state index contributed by atoms with van der Waals surface area (Å²) in [4.78, 5) is 15.8. The molecular weight excluding hydrogens is 360 g/mol. The first-order chi connectivity index (χ1) is 13.3. The van der Waals surface area contributed by atoms with Crippen LogP contribution in [0, 0.1) is 0 Å². The largest absolute Gasteiger partial charge is 0.493 e. The smallest absolute Gasteiger partial charge is 0.407 e. The number of hydrogen-bond acceptors (Lipinski definition) is 5. The molecule has 0 spiro atoms. The van der Waals surface area contributed by atoms with Crippen molar-refractivity contribution in [2.24, 2.45) is 4.99 Å². The lowest BCUT2D eigenvalue weighted by molar-refractivity contribution is 0.0529. The minimum absolute atomic E-state index is 0.424. The van der Waals surface area contributed by atoms with E-state index in [4.69, 9.17) is 14.2 Å². The molecule has 8 nitrogen and oxygen atoms in total. The number of aliphatic imine (C=N–C) groups is 1. The minimum Gasteiger partial charge on any atom is -0.493 e. The highest BCUT2D eigenvalue weighted by atomic mass is 16.6. The van der Waals surface area contributed by atoms with Gasteiger partial charge in [0.1, 0.15) is 5.60 Å². The van der Waals surface area contributed by atoms with Crippen molar-refractivity contribution >= 4 is 12.1 Å². The highest BCUT2D eigenvalue weighted by Crippen LogP contribution is 2.28. The van der Waals surface area contributed by atoms with Crippen LogP contribution in [0.3, 0.4) is 0 Å². The maximum Gasteiger partial charge on any atom is 0.407 e. The van der Waals surface area contributed by atoms with Gasteiger partial charge in [-0.25, -0.2) is 4.79 Å². The molecular formula is C20H34N4O4. The van der Waals surface area contributed by atoms with Crippen LogP contribution < -0.4 is 25.4 Å². The van der Waals surface area contributed by atoms with Crippen LogP contribution in [0.25, 0.3) is 0 Å². The Kier molecular flexibility index (Phi) is 9.98. The summed E-state index contributed by atoms with van der Waals surface area (Å²) >= 11 is 0. The van der Waals surface area contributed by atoms with E-state index < -0.39 is 11.7 Å². The Labute approximate surface area is 168 Å². The number of ether oxygens (including phenoxy) is 3. The van der Waals surface area contributed by atoms with Gasteiger partial charge in [0, 0.05) is 26.7 Å². The van der Waals surface area contributed by atoms with Gasteiger partial charge in [-0.1, -0.05) is 13.0 Å². The summed E-state index contributed by atoms with van der Waals surface area (Å²) in [5, 5.41) is 9.06. The quantitative estimate of drug-likeness (QED) is 0.339. The van der Waals surface area contributed by atoms with Gasteiger partial charge in [0.2, 0.25) is 0 Å².